The highest BCUT2D eigenvalue weighted by Crippen LogP contribution is 2.29. The zero-order valence-electron chi connectivity index (χ0n) is 9.79. The summed E-state index contributed by atoms with van der Waals surface area (Å²) in [4.78, 5) is 0. The normalized spacial score (nSPS) is 12.5. The minimum Gasteiger partial charge on any atom is -0.496 e. The third kappa shape index (κ3) is 3.47. The molecule has 0 bridgehead atoms. The van der Waals surface area contributed by atoms with Crippen molar-refractivity contribution in [1.29, 1.82) is 0 Å². The van der Waals surface area contributed by atoms with Gasteiger partial charge in [0, 0.05) is 6.04 Å². The summed E-state index contributed by atoms with van der Waals surface area (Å²) < 4.78 is 6.19. The number of hydrogen-bond acceptors (Lipinski definition) is 3. The number of methoxy groups -OCH3 is 1. The topological polar surface area (TPSA) is 47.3 Å². The molecule has 1 aromatic rings. The van der Waals surface area contributed by atoms with Gasteiger partial charge in [-0.05, 0) is 60.1 Å². The minimum absolute atomic E-state index is 0.353. The molecule has 3 N–H and O–H groups in total. The summed E-state index contributed by atoms with van der Waals surface area (Å²) in [6, 6.07) is 6.51. The Labute approximate surface area is 105 Å². The van der Waals surface area contributed by atoms with Crippen molar-refractivity contribution in [2.75, 3.05) is 20.7 Å². The molecule has 4 heteroatoms. The van der Waals surface area contributed by atoms with Gasteiger partial charge in [-0.25, -0.2) is 0 Å². The smallest absolute Gasteiger partial charge is 0.133 e. The quantitative estimate of drug-likeness (QED) is 0.845. The first-order valence-electron chi connectivity index (χ1n) is 5.43. The first kappa shape index (κ1) is 13.5. The molecule has 0 aromatic heterocycles. The molecule has 1 rings (SSSR count). The lowest BCUT2D eigenvalue weighted by Crippen LogP contribution is -2.17. The molecular weight excluding hydrogens is 268 g/mol. The molecule has 0 aliphatic heterocycles. The highest BCUT2D eigenvalue weighted by molar-refractivity contribution is 9.10. The number of nitrogens with one attached hydrogen (secondary N) is 1. The van der Waals surface area contributed by atoms with Gasteiger partial charge in [0.05, 0.1) is 11.6 Å². The van der Waals surface area contributed by atoms with E-state index in [4.69, 9.17) is 10.5 Å². The van der Waals surface area contributed by atoms with Crippen molar-refractivity contribution in [3.63, 3.8) is 0 Å². The number of ether oxygens (including phenoxy) is 1. The lowest BCUT2D eigenvalue weighted by atomic mass is 10.0. The molecule has 0 saturated carbocycles. The van der Waals surface area contributed by atoms with E-state index in [0.717, 1.165) is 29.6 Å². The molecule has 90 valence electrons. The fourth-order valence-corrected chi connectivity index (χ4v) is 2.26. The van der Waals surface area contributed by atoms with Crippen molar-refractivity contribution in [1.82, 2.24) is 5.32 Å². The zero-order valence-corrected chi connectivity index (χ0v) is 11.4. The van der Waals surface area contributed by atoms with E-state index < -0.39 is 0 Å². The van der Waals surface area contributed by atoms with Crippen LogP contribution in [-0.4, -0.2) is 20.7 Å². The van der Waals surface area contributed by atoms with Crippen LogP contribution in [0, 0.1) is 0 Å². The molecule has 0 aliphatic rings. The Hall–Kier alpha value is -0.580. The van der Waals surface area contributed by atoms with Gasteiger partial charge in [0.15, 0.2) is 0 Å². The van der Waals surface area contributed by atoms with E-state index in [1.165, 1.54) is 5.56 Å². The third-order valence-electron chi connectivity index (χ3n) is 2.62. The largest absolute Gasteiger partial charge is 0.496 e. The molecule has 0 amide bonds. The molecule has 0 saturated heterocycles. The maximum Gasteiger partial charge on any atom is 0.133 e. The van der Waals surface area contributed by atoms with Gasteiger partial charge in [0.2, 0.25) is 0 Å². The van der Waals surface area contributed by atoms with E-state index in [9.17, 15) is 0 Å². The molecule has 1 aromatic carbocycles. The third-order valence-corrected chi connectivity index (χ3v) is 3.24. The molecular formula is C12H19BrN2O. The fourth-order valence-electron chi connectivity index (χ4n) is 1.70. The van der Waals surface area contributed by atoms with Crippen LogP contribution < -0.4 is 15.8 Å². The van der Waals surface area contributed by atoms with Crippen LogP contribution in [0.2, 0.25) is 0 Å². The lowest BCUT2D eigenvalue weighted by Gasteiger charge is -2.17. The first-order valence-corrected chi connectivity index (χ1v) is 6.23. The Morgan fingerprint density at radius 3 is 2.75 bits per heavy atom. The predicted molar refractivity (Wildman–Crippen MR) is 70.8 cm³/mol. The average Bonchev–Trinajstić information content (AvgIpc) is 2.30. The van der Waals surface area contributed by atoms with E-state index in [1.54, 1.807) is 7.11 Å². The fraction of sp³-hybridized carbons (Fsp3) is 0.500. The summed E-state index contributed by atoms with van der Waals surface area (Å²) in [5.41, 5.74) is 6.78. The summed E-state index contributed by atoms with van der Waals surface area (Å²) in [7, 11) is 3.64. The van der Waals surface area contributed by atoms with Gasteiger partial charge >= 0.3 is 0 Å². The maximum absolute atomic E-state index is 5.53. The van der Waals surface area contributed by atoms with Crippen LogP contribution in [0.1, 0.15) is 24.4 Å². The number of hydrogen-bond donors (Lipinski definition) is 2. The van der Waals surface area contributed by atoms with E-state index in [1.807, 2.05) is 13.1 Å². The average molecular weight is 287 g/mol. The summed E-state index contributed by atoms with van der Waals surface area (Å²) in [5, 5.41) is 3.30. The molecule has 0 heterocycles. The van der Waals surface area contributed by atoms with Crippen molar-refractivity contribution < 1.29 is 4.74 Å². The van der Waals surface area contributed by atoms with Crippen LogP contribution in [0.15, 0.2) is 22.7 Å². The number of nitrogens with two attached hydrogens (primary N) is 1. The minimum atomic E-state index is 0.353. The van der Waals surface area contributed by atoms with Crippen LogP contribution in [0.4, 0.5) is 0 Å². The first-order chi connectivity index (χ1) is 7.72. The summed E-state index contributed by atoms with van der Waals surface area (Å²) >= 11 is 3.50. The van der Waals surface area contributed by atoms with Gasteiger partial charge in [0.1, 0.15) is 5.75 Å². The molecule has 3 nitrogen and oxygen atoms in total. The van der Waals surface area contributed by atoms with Crippen molar-refractivity contribution in [2.45, 2.75) is 18.9 Å². The molecule has 0 aliphatic carbocycles. The summed E-state index contributed by atoms with van der Waals surface area (Å²) in [5.74, 6) is 0.859. The summed E-state index contributed by atoms with van der Waals surface area (Å²) in [6.07, 6.45) is 2.07. The monoisotopic (exact) mass is 286 g/mol. The van der Waals surface area contributed by atoms with E-state index in [2.05, 4.69) is 33.4 Å². The van der Waals surface area contributed by atoms with Gasteiger partial charge in [0.25, 0.3) is 0 Å². The summed E-state index contributed by atoms with van der Waals surface area (Å²) in [6.45, 7) is 0.732. The van der Waals surface area contributed by atoms with Gasteiger partial charge < -0.3 is 15.8 Å². The second kappa shape index (κ2) is 6.89. The Morgan fingerprint density at radius 2 is 2.25 bits per heavy atom. The number of benzene rings is 1. The van der Waals surface area contributed by atoms with Gasteiger partial charge in [-0.1, -0.05) is 6.07 Å². The molecule has 0 fully saturated rings. The Kier molecular flexibility index (Phi) is 5.80. The Balaban J connectivity index is 2.80. The lowest BCUT2D eigenvalue weighted by molar-refractivity contribution is 0.411. The van der Waals surface area contributed by atoms with Gasteiger partial charge in [-0.3, -0.25) is 0 Å². The molecule has 1 unspecified atom stereocenters. The van der Waals surface area contributed by atoms with E-state index in [-0.39, 0.29) is 0 Å². The number of halogens is 1. The van der Waals surface area contributed by atoms with Gasteiger partial charge in [-0.2, -0.15) is 0 Å². The Morgan fingerprint density at radius 1 is 1.50 bits per heavy atom. The maximum atomic E-state index is 5.53. The molecule has 1 atom stereocenters. The second-order valence-electron chi connectivity index (χ2n) is 3.67. The Bertz CT molecular complexity index is 331. The van der Waals surface area contributed by atoms with Gasteiger partial charge in [-0.15, -0.1) is 0 Å². The van der Waals surface area contributed by atoms with Crippen LogP contribution >= 0.6 is 15.9 Å². The highest BCUT2D eigenvalue weighted by atomic mass is 79.9. The van der Waals surface area contributed by atoms with Crippen molar-refractivity contribution in [3.05, 3.63) is 28.2 Å². The van der Waals surface area contributed by atoms with Crippen molar-refractivity contribution >= 4 is 15.9 Å². The van der Waals surface area contributed by atoms with Crippen LogP contribution in [-0.2, 0) is 0 Å². The SMILES string of the molecule is CNC(CCCN)c1ccc(OC)c(Br)c1. The predicted octanol–water partition coefficient (Wildman–Crippen LogP) is 2.46. The van der Waals surface area contributed by atoms with Crippen molar-refractivity contribution in [3.8, 4) is 5.75 Å². The molecule has 16 heavy (non-hydrogen) atoms. The highest BCUT2D eigenvalue weighted by Gasteiger charge is 2.10. The van der Waals surface area contributed by atoms with Crippen LogP contribution in [0.3, 0.4) is 0 Å². The van der Waals surface area contributed by atoms with E-state index >= 15 is 0 Å². The number of rotatable bonds is 6. The standard InChI is InChI=1S/C12H19BrN2O/c1-15-11(4-3-7-14)9-5-6-12(16-2)10(13)8-9/h5-6,8,11,15H,3-4,7,14H2,1-2H3. The molecule has 0 radical (unpaired) electrons. The van der Waals surface area contributed by atoms with Crippen LogP contribution in [0.25, 0.3) is 0 Å². The van der Waals surface area contributed by atoms with Crippen molar-refractivity contribution in [2.24, 2.45) is 5.73 Å². The van der Waals surface area contributed by atoms with E-state index in [0.29, 0.717) is 6.04 Å². The second-order valence-corrected chi connectivity index (χ2v) is 4.52. The molecule has 0 spiro atoms. The van der Waals surface area contributed by atoms with Crippen LogP contribution in [0.5, 0.6) is 5.75 Å². The zero-order chi connectivity index (χ0) is 12.0.